The van der Waals surface area contributed by atoms with Gasteiger partial charge in [-0.1, -0.05) is 6.92 Å². The molecule has 0 aliphatic heterocycles. The van der Waals surface area contributed by atoms with Crippen LogP contribution in [0.5, 0.6) is 0 Å². The fourth-order valence-electron chi connectivity index (χ4n) is 2.93. The minimum Gasteiger partial charge on any atom is -0.378 e. The normalized spacial score (nSPS) is 24.2. The Morgan fingerprint density at radius 1 is 1.47 bits per heavy atom. The van der Waals surface area contributed by atoms with Crippen LogP contribution in [0.4, 0.5) is 0 Å². The van der Waals surface area contributed by atoms with E-state index in [-0.39, 0.29) is 0 Å². The van der Waals surface area contributed by atoms with Crippen molar-refractivity contribution in [3.05, 3.63) is 18.0 Å². The lowest BCUT2D eigenvalue weighted by Gasteiger charge is -2.37. The first kappa shape index (κ1) is 14.5. The summed E-state index contributed by atoms with van der Waals surface area (Å²) in [4.78, 5) is 0. The molecule has 1 unspecified atom stereocenters. The van der Waals surface area contributed by atoms with Gasteiger partial charge < -0.3 is 10.1 Å². The van der Waals surface area contributed by atoms with Gasteiger partial charge in [-0.15, -0.1) is 0 Å². The molecule has 1 aromatic heterocycles. The molecule has 1 aliphatic carbocycles. The predicted octanol–water partition coefficient (Wildman–Crippen LogP) is 2.67. The van der Waals surface area contributed by atoms with E-state index in [9.17, 15) is 0 Å². The van der Waals surface area contributed by atoms with Crippen LogP contribution in [0.1, 0.15) is 51.3 Å². The third-order valence-electron chi connectivity index (χ3n) is 4.02. The molecule has 1 atom stereocenters. The Bertz CT molecular complexity index is 371. The van der Waals surface area contributed by atoms with Gasteiger partial charge in [0, 0.05) is 25.9 Å². The lowest BCUT2D eigenvalue weighted by Crippen LogP contribution is -2.35. The fourth-order valence-corrected chi connectivity index (χ4v) is 2.93. The Balaban J connectivity index is 1.87. The van der Waals surface area contributed by atoms with E-state index >= 15 is 0 Å². The molecule has 0 amide bonds. The van der Waals surface area contributed by atoms with Gasteiger partial charge in [-0.05, 0) is 51.1 Å². The quantitative estimate of drug-likeness (QED) is 0.785. The molecule has 4 heteroatoms. The van der Waals surface area contributed by atoms with Crippen LogP contribution < -0.4 is 5.32 Å². The molecular formula is C15H27N3O. The SMILES string of the molecule is CCCNC(CC1CC(OCC)C1)c1ccnn1C. The Labute approximate surface area is 116 Å². The van der Waals surface area contributed by atoms with E-state index < -0.39 is 0 Å². The fraction of sp³-hybridized carbons (Fsp3) is 0.800. The molecule has 1 heterocycles. The summed E-state index contributed by atoms with van der Waals surface area (Å²) in [5.74, 6) is 0.792. The van der Waals surface area contributed by atoms with Gasteiger partial charge in [0.25, 0.3) is 0 Å². The molecule has 2 rings (SSSR count). The molecule has 0 saturated heterocycles. The van der Waals surface area contributed by atoms with E-state index in [1.54, 1.807) is 0 Å². The molecule has 19 heavy (non-hydrogen) atoms. The summed E-state index contributed by atoms with van der Waals surface area (Å²) in [6.45, 7) is 6.20. The Morgan fingerprint density at radius 3 is 2.84 bits per heavy atom. The number of hydrogen-bond donors (Lipinski definition) is 1. The van der Waals surface area contributed by atoms with Crippen molar-refractivity contribution in [1.29, 1.82) is 0 Å². The van der Waals surface area contributed by atoms with Gasteiger partial charge in [0.05, 0.1) is 11.8 Å². The topological polar surface area (TPSA) is 39.1 Å². The van der Waals surface area contributed by atoms with E-state index in [2.05, 4.69) is 30.3 Å². The van der Waals surface area contributed by atoms with E-state index in [1.165, 1.54) is 31.4 Å². The van der Waals surface area contributed by atoms with Gasteiger partial charge >= 0.3 is 0 Å². The molecule has 0 bridgehead atoms. The maximum absolute atomic E-state index is 5.65. The standard InChI is InChI=1S/C15H27N3O/c1-4-7-16-14(15-6-8-17-18(15)3)11-12-9-13(10-12)19-5-2/h6,8,12-14,16H,4-5,7,9-11H2,1-3H3. The molecule has 0 spiro atoms. The summed E-state index contributed by atoms with van der Waals surface area (Å²) in [6, 6.07) is 2.56. The Hall–Kier alpha value is -0.870. The van der Waals surface area contributed by atoms with Gasteiger partial charge in [0.15, 0.2) is 0 Å². The van der Waals surface area contributed by atoms with Crippen LogP contribution in [0.15, 0.2) is 12.3 Å². The van der Waals surface area contributed by atoms with Crippen LogP contribution in [0.3, 0.4) is 0 Å². The Morgan fingerprint density at radius 2 is 2.26 bits per heavy atom. The highest BCUT2D eigenvalue weighted by Gasteiger charge is 2.32. The van der Waals surface area contributed by atoms with Crippen molar-refractivity contribution in [2.75, 3.05) is 13.2 Å². The summed E-state index contributed by atoms with van der Waals surface area (Å²) < 4.78 is 7.64. The van der Waals surface area contributed by atoms with Crippen molar-refractivity contribution in [3.8, 4) is 0 Å². The monoisotopic (exact) mass is 265 g/mol. The minimum absolute atomic E-state index is 0.431. The number of aryl methyl sites for hydroxylation is 1. The number of nitrogens with zero attached hydrogens (tertiary/aromatic N) is 2. The van der Waals surface area contributed by atoms with E-state index in [1.807, 2.05) is 17.9 Å². The first-order valence-corrected chi connectivity index (χ1v) is 7.57. The third kappa shape index (κ3) is 3.80. The summed E-state index contributed by atoms with van der Waals surface area (Å²) in [6.07, 6.45) is 7.20. The molecule has 1 aromatic rings. The highest BCUT2D eigenvalue weighted by Crippen LogP contribution is 2.36. The third-order valence-corrected chi connectivity index (χ3v) is 4.02. The molecule has 1 N–H and O–H groups in total. The lowest BCUT2D eigenvalue weighted by molar-refractivity contribution is -0.0293. The number of aromatic nitrogens is 2. The summed E-state index contributed by atoms with van der Waals surface area (Å²) >= 11 is 0. The van der Waals surface area contributed by atoms with Crippen LogP contribution in [0.2, 0.25) is 0 Å². The maximum atomic E-state index is 5.65. The summed E-state index contributed by atoms with van der Waals surface area (Å²) in [5, 5.41) is 7.95. The average Bonchev–Trinajstić information content (AvgIpc) is 2.77. The second kappa shape index (κ2) is 7.06. The van der Waals surface area contributed by atoms with Crippen molar-refractivity contribution in [3.63, 3.8) is 0 Å². The van der Waals surface area contributed by atoms with Gasteiger partial charge in [-0.3, -0.25) is 4.68 Å². The van der Waals surface area contributed by atoms with Crippen LogP contribution in [-0.2, 0) is 11.8 Å². The highest BCUT2D eigenvalue weighted by molar-refractivity contribution is 5.07. The highest BCUT2D eigenvalue weighted by atomic mass is 16.5. The van der Waals surface area contributed by atoms with Crippen molar-refractivity contribution in [2.45, 2.75) is 51.7 Å². The molecule has 4 nitrogen and oxygen atoms in total. The first-order chi connectivity index (χ1) is 9.24. The zero-order valence-corrected chi connectivity index (χ0v) is 12.4. The van der Waals surface area contributed by atoms with Gasteiger partial charge in [0.2, 0.25) is 0 Å². The van der Waals surface area contributed by atoms with Crippen molar-refractivity contribution >= 4 is 0 Å². The number of rotatable bonds is 8. The Kier molecular flexibility index (Phi) is 5.40. The smallest absolute Gasteiger partial charge is 0.0580 e. The zero-order chi connectivity index (χ0) is 13.7. The molecule has 1 fully saturated rings. The van der Waals surface area contributed by atoms with E-state index in [4.69, 9.17) is 4.74 Å². The van der Waals surface area contributed by atoms with Gasteiger partial charge in [-0.2, -0.15) is 5.10 Å². The summed E-state index contributed by atoms with van der Waals surface area (Å²) in [7, 11) is 2.03. The van der Waals surface area contributed by atoms with Crippen molar-refractivity contribution < 1.29 is 4.74 Å². The average molecular weight is 265 g/mol. The van der Waals surface area contributed by atoms with E-state index in [0.717, 1.165) is 19.1 Å². The van der Waals surface area contributed by atoms with Gasteiger partial charge in [0.1, 0.15) is 0 Å². The second-order valence-corrected chi connectivity index (χ2v) is 5.54. The lowest BCUT2D eigenvalue weighted by atomic mass is 9.77. The van der Waals surface area contributed by atoms with Crippen molar-refractivity contribution in [1.82, 2.24) is 15.1 Å². The molecule has 1 aliphatic rings. The number of nitrogens with one attached hydrogen (secondary N) is 1. The maximum Gasteiger partial charge on any atom is 0.0580 e. The molecule has 1 saturated carbocycles. The molecule has 108 valence electrons. The van der Waals surface area contributed by atoms with Crippen LogP contribution in [0, 0.1) is 5.92 Å². The largest absolute Gasteiger partial charge is 0.378 e. The second-order valence-electron chi connectivity index (χ2n) is 5.54. The van der Waals surface area contributed by atoms with Crippen LogP contribution in [-0.4, -0.2) is 29.0 Å². The van der Waals surface area contributed by atoms with E-state index in [0.29, 0.717) is 12.1 Å². The predicted molar refractivity (Wildman–Crippen MR) is 77.0 cm³/mol. The molecule has 0 radical (unpaired) electrons. The molecule has 0 aromatic carbocycles. The summed E-state index contributed by atoms with van der Waals surface area (Å²) in [5.41, 5.74) is 1.30. The van der Waals surface area contributed by atoms with Crippen LogP contribution in [0.25, 0.3) is 0 Å². The van der Waals surface area contributed by atoms with Gasteiger partial charge in [-0.25, -0.2) is 0 Å². The molecular weight excluding hydrogens is 238 g/mol. The number of hydrogen-bond acceptors (Lipinski definition) is 3. The van der Waals surface area contributed by atoms with Crippen molar-refractivity contribution in [2.24, 2.45) is 13.0 Å². The van der Waals surface area contributed by atoms with Crippen LogP contribution >= 0.6 is 0 Å². The first-order valence-electron chi connectivity index (χ1n) is 7.57. The zero-order valence-electron chi connectivity index (χ0n) is 12.4. The minimum atomic E-state index is 0.431. The number of ether oxygens (including phenoxy) is 1.